The molecule has 29 heavy (non-hydrogen) atoms. The highest BCUT2D eigenvalue weighted by Crippen LogP contribution is 2.21. The van der Waals surface area contributed by atoms with Crippen molar-refractivity contribution in [2.75, 3.05) is 17.2 Å². The van der Waals surface area contributed by atoms with E-state index in [1.807, 2.05) is 16.8 Å². The number of benzene rings is 1. The largest absolute Gasteiger partial charge is 0.421 e. The standard InChI is InChI=1S/C20H20N4O4S/c25-17(7-8-18-23-24-20(28-18)13-9-11-29-12-13)21-14-3-5-15(6-4-14)22-19(26)16-2-1-10-27-16/h3-6,9,11-12,16H,1-2,7-8,10H2,(H,21,25)(H,22,26)/t16-/m0/s1. The first-order valence-electron chi connectivity index (χ1n) is 9.35. The fraction of sp³-hybridized carbons (Fsp3) is 0.300. The Morgan fingerprint density at radius 1 is 1.10 bits per heavy atom. The fourth-order valence-corrected chi connectivity index (χ4v) is 3.58. The third-order valence-electron chi connectivity index (χ3n) is 4.46. The maximum atomic E-state index is 12.2. The predicted octanol–water partition coefficient (Wildman–Crippen LogP) is 3.49. The molecule has 1 saturated heterocycles. The molecule has 3 heterocycles. The van der Waals surface area contributed by atoms with Gasteiger partial charge >= 0.3 is 0 Å². The Morgan fingerprint density at radius 2 is 1.90 bits per heavy atom. The number of amides is 2. The van der Waals surface area contributed by atoms with E-state index in [-0.39, 0.29) is 24.3 Å². The Morgan fingerprint density at radius 3 is 2.59 bits per heavy atom. The molecule has 8 nitrogen and oxygen atoms in total. The SMILES string of the molecule is O=C(CCc1nnc(-c2ccsc2)o1)Nc1ccc(NC(=O)[C@@H]2CCCO2)cc1. The van der Waals surface area contributed by atoms with E-state index >= 15 is 0 Å². The van der Waals surface area contributed by atoms with Crippen LogP contribution in [0.25, 0.3) is 11.5 Å². The van der Waals surface area contributed by atoms with Crippen LogP contribution in [0.5, 0.6) is 0 Å². The van der Waals surface area contributed by atoms with Crippen molar-refractivity contribution in [3.05, 3.63) is 47.0 Å². The van der Waals surface area contributed by atoms with Crippen LogP contribution in [0.2, 0.25) is 0 Å². The van der Waals surface area contributed by atoms with Crippen molar-refractivity contribution in [3.63, 3.8) is 0 Å². The number of hydrogen-bond donors (Lipinski definition) is 2. The molecule has 1 fully saturated rings. The average Bonchev–Trinajstić information content (AvgIpc) is 3.50. The molecule has 3 aromatic rings. The molecule has 0 saturated carbocycles. The first kappa shape index (κ1) is 19.3. The smallest absolute Gasteiger partial charge is 0.253 e. The van der Waals surface area contributed by atoms with Crippen LogP contribution in [0, 0.1) is 0 Å². The minimum absolute atomic E-state index is 0.138. The first-order valence-corrected chi connectivity index (χ1v) is 10.3. The van der Waals surface area contributed by atoms with Gasteiger partial charge in [0.05, 0.1) is 0 Å². The molecule has 4 rings (SSSR count). The Balaban J connectivity index is 1.24. The number of aromatic nitrogens is 2. The van der Waals surface area contributed by atoms with Crippen LogP contribution in [-0.2, 0) is 20.7 Å². The van der Waals surface area contributed by atoms with Crippen molar-refractivity contribution in [1.29, 1.82) is 0 Å². The summed E-state index contributed by atoms with van der Waals surface area (Å²) in [7, 11) is 0. The molecule has 2 N–H and O–H groups in total. The Hall–Kier alpha value is -3.04. The molecule has 9 heteroatoms. The van der Waals surface area contributed by atoms with Gasteiger partial charge in [-0.2, -0.15) is 11.3 Å². The lowest BCUT2D eigenvalue weighted by Gasteiger charge is -2.11. The van der Waals surface area contributed by atoms with E-state index in [4.69, 9.17) is 9.15 Å². The van der Waals surface area contributed by atoms with Gasteiger partial charge in [0.1, 0.15) is 6.10 Å². The minimum atomic E-state index is -0.376. The van der Waals surface area contributed by atoms with E-state index < -0.39 is 0 Å². The van der Waals surface area contributed by atoms with Crippen LogP contribution < -0.4 is 10.6 Å². The van der Waals surface area contributed by atoms with Crippen molar-refractivity contribution >= 4 is 34.5 Å². The van der Waals surface area contributed by atoms with Crippen molar-refractivity contribution < 1.29 is 18.7 Å². The number of aryl methyl sites for hydroxylation is 1. The van der Waals surface area contributed by atoms with Gasteiger partial charge in [0.15, 0.2) is 0 Å². The summed E-state index contributed by atoms with van der Waals surface area (Å²) in [6, 6.07) is 8.87. The van der Waals surface area contributed by atoms with Gasteiger partial charge in [0.2, 0.25) is 17.7 Å². The van der Waals surface area contributed by atoms with Gasteiger partial charge in [-0.25, -0.2) is 0 Å². The second-order valence-electron chi connectivity index (χ2n) is 6.63. The fourth-order valence-electron chi connectivity index (χ4n) is 2.95. The van der Waals surface area contributed by atoms with E-state index in [1.165, 1.54) is 0 Å². The Bertz CT molecular complexity index is 963. The quantitative estimate of drug-likeness (QED) is 0.615. The molecule has 0 spiro atoms. The zero-order valence-corrected chi connectivity index (χ0v) is 16.4. The number of carbonyl (C=O) groups excluding carboxylic acids is 2. The molecule has 1 aliphatic heterocycles. The number of carbonyl (C=O) groups is 2. The Labute approximate surface area is 171 Å². The molecule has 1 atom stereocenters. The highest BCUT2D eigenvalue weighted by molar-refractivity contribution is 7.08. The number of nitrogens with zero attached hydrogens (tertiary/aromatic N) is 2. The van der Waals surface area contributed by atoms with E-state index in [0.29, 0.717) is 36.2 Å². The van der Waals surface area contributed by atoms with Gasteiger partial charge in [-0.3, -0.25) is 9.59 Å². The summed E-state index contributed by atoms with van der Waals surface area (Å²) >= 11 is 1.55. The van der Waals surface area contributed by atoms with E-state index in [9.17, 15) is 9.59 Å². The third-order valence-corrected chi connectivity index (χ3v) is 5.14. The molecular weight excluding hydrogens is 392 g/mol. The zero-order valence-electron chi connectivity index (χ0n) is 15.6. The average molecular weight is 412 g/mol. The maximum Gasteiger partial charge on any atom is 0.253 e. The van der Waals surface area contributed by atoms with Gasteiger partial charge in [-0.15, -0.1) is 10.2 Å². The second-order valence-corrected chi connectivity index (χ2v) is 7.41. The zero-order chi connectivity index (χ0) is 20.1. The summed E-state index contributed by atoms with van der Waals surface area (Å²) in [4.78, 5) is 24.2. The summed E-state index contributed by atoms with van der Waals surface area (Å²) in [5.41, 5.74) is 2.19. The first-order chi connectivity index (χ1) is 14.2. The van der Waals surface area contributed by atoms with Crippen LogP contribution in [-0.4, -0.2) is 34.7 Å². The van der Waals surface area contributed by atoms with Gasteiger partial charge in [0.25, 0.3) is 5.91 Å². The molecule has 0 bridgehead atoms. The van der Waals surface area contributed by atoms with Gasteiger partial charge < -0.3 is 19.8 Å². The van der Waals surface area contributed by atoms with Crippen molar-refractivity contribution in [3.8, 4) is 11.5 Å². The topological polar surface area (TPSA) is 106 Å². The number of anilines is 2. The normalized spacial score (nSPS) is 15.9. The van der Waals surface area contributed by atoms with Crippen LogP contribution in [0.3, 0.4) is 0 Å². The minimum Gasteiger partial charge on any atom is -0.421 e. The number of thiophene rings is 1. The van der Waals surface area contributed by atoms with E-state index in [2.05, 4.69) is 20.8 Å². The highest BCUT2D eigenvalue weighted by Gasteiger charge is 2.23. The number of rotatable bonds is 7. The lowest BCUT2D eigenvalue weighted by atomic mass is 10.2. The lowest BCUT2D eigenvalue weighted by Crippen LogP contribution is -2.26. The molecule has 2 aromatic heterocycles. The molecule has 1 aliphatic rings. The molecule has 0 unspecified atom stereocenters. The monoisotopic (exact) mass is 412 g/mol. The van der Waals surface area contributed by atoms with Crippen LogP contribution in [0.1, 0.15) is 25.2 Å². The van der Waals surface area contributed by atoms with Crippen LogP contribution in [0.15, 0.2) is 45.5 Å². The molecule has 150 valence electrons. The number of ether oxygens (including phenoxy) is 1. The van der Waals surface area contributed by atoms with Crippen molar-refractivity contribution in [2.45, 2.75) is 31.8 Å². The Kier molecular flexibility index (Phi) is 5.97. The molecule has 0 radical (unpaired) electrons. The highest BCUT2D eigenvalue weighted by atomic mass is 32.1. The summed E-state index contributed by atoms with van der Waals surface area (Å²) in [5.74, 6) is 0.591. The maximum absolute atomic E-state index is 12.2. The van der Waals surface area contributed by atoms with Crippen LogP contribution in [0.4, 0.5) is 11.4 Å². The van der Waals surface area contributed by atoms with Crippen molar-refractivity contribution in [1.82, 2.24) is 10.2 Å². The van der Waals surface area contributed by atoms with Gasteiger partial charge in [-0.05, 0) is 48.6 Å². The summed E-state index contributed by atoms with van der Waals surface area (Å²) in [5, 5.41) is 17.5. The number of nitrogens with one attached hydrogen (secondary N) is 2. The molecule has 2 amide bonds. The van der Waals surface area contributed by atoms with Crippen molar-refractivity contribution in [2.24, 2.45) is 0 Å². The second kappa shape index (κ2) is 8.97. The van der Waals surface area contributed by atoms with Crippen LogP contribution >= 0.6 is 11.3 Å². The summed E-state index contributed by atoms with van der Waals surface area (Å²) in [6.07, 6.45) is 1.86. The molecule has 1 aromatic carbocycles. The third kappa shape index (κ3) is 5.07. The van der Waals surface area contributed by atoms with Gasteiger partial charge in [0, 0.05) is 41.8 Å². The lowest BCUT2D eigenvalue weighted by molar-refractivity contribution is -0.124. The van der Waals surface area contributed by atoms with Gasteiger partial charge in [-0.1, -0.05) is 0 Å². The summed E-state index contributed by atoms with van der Waals surface area (Å²) in [6.45, 7) is 0.627. The summed E-state index contributed by atoms with van der Waals surface area (Å²) < 4.78 is 10.9. The molecule has 0 aliphatic carbocycles. The number of hydrogen-bond acceptors (Lipinski definition) is 7. The predicted molar refractivity (Wildman–Crippen MR) is 109 cm³/mol. The molecular formula is C20H20N4O4S. The van der Waals surface area contributed by atoms with E-state index in [1.54, 1.807) is 35.6 Å². The van der Waals surface area contributed by atoms with E-state index in [0.717, 1.165) is 18.4 Å².